The van der Waals surface area contributed by atoms with Crippen LogP contribution < -0.4 is 10.2 Å². The number of aliphatic hydroxyl groups is 1. The summed E-state index contributed by atoms with van der Waals surface area (Å²) in [5.74, 6) is -3.65. The maximum Gasteiger partial charge on any atom is 0.494 e. The molecule has 1 aliphatic heterocycles. The van der Waals surface area contributed by atoms with Crippen molar-refractivity contribution in [3.8, 4) is 5.75 Å². The van der Waals surface area contributed by atoms with Crippen molar-refractivity contribution in [2.45, 2.75) is 78.6 Å². The number of carbonyl (C=O) groups is 2. The maximum atomic E-state index is 15.5. The standard InChI is InChI=1S/C29H38BFO7/c1-6-27(4)13-18(23(26(34)35)38-20-8-7-17-14-37-30(36)21(17)22(20)31)28(5)15(2)9-11-29(16(3)25(27)33)12-10-19(32)24(28)29/h6-8,15-16,18,23-25,33,36H,1,9-14H2,2-5H3,(H,34,35)/t15-,16+,18+,23?,24+,25+,27-,28-,29+/m1/s1. The molecule has 38 heavy (non-hydrogen) atoms. The van der Waals surface area contributed by atoms with Crippen LogP contribution in [0.15, 0.2) is 24.8 Å². The molecule has 206 valence electrons. The molecule has 0 spiro atoms. The minimum Gasteiger partial charge on any atom is -0.478 e. The van der Waals surface area contributed by atoms with Gasteiger partial charge in [0.25, 0.3) is 0 Å². The molecule has 4 aliphatic rings. The Kier molecular flexibility index (Phi) is 6.60. The minimum atomic E-state index is -1.50. The fraction of sp³-hybridized carbons (Fsp3) is 0.655. The number of benzene rings is 1. The first-order chi connectivity index (χ1) is 17.8. The fourth-order valence-corrected chi connectivity index (χ4v) is 8.71. The van der Waals surface area contributed by atoms with E-state index in [1.807, 2.05) is 20.8 Å². The number of carboxylic acids is 1. The number of aliphatic carboxylic acids is 1. The van der Waals surface area contributed by atoms with Crippen molar-refractivity contribution in [1.29, 1.82) is 0 Å². The van der Waals surface area contributed by atoms with Gasteiger partial charge >= 0.3 is 13.1 Å². The molecule has 3 fully saturated rings. The first-order valence-electron chi connectivity index (χ1n) is 13.7. The average Bonchev–Trinajstić information content (AvgIpc) is 3.44. The van der Waals surface area contributed by atoms with Gasteiger partial charge in [-0.2, -0.15) is 0 Å². The molecule has 9 heteroatoms. The first kappa shape index (κ1) is 27.3. The van der Waals surface area contributed by atoms with Gasteiger partial charge in [-0.15, -0.1) is 6.58 Å². The lowest BCUT2D eigenvalue weighted by Gasteiger charge is -2.63. The molecule has 1 aromatic carbocycles. The summed E-state index contributed by atoms with van der Waals surface area (Å²) >= 11 is 0. The number of halogens is 1. The van der Waals surface area contributed by atoms with E-state index < -0.39 is 59.2 Å². The Morgan fingerprint density at radius 1 is 1.32 bits per heavy atom. The van der Waals surface area contributed by atoms with Crippen LogP contribution in [0.4, 0.5) is 4.39 Å². The van der Waals surface area contributed by atoms with Crippen LogP contribution in [0.5, 0.6) is 5.75 Å². The number of carboxylic acid groups (broad SMARTS) is 1. The van der Waals surface area contributed by atoms with Gasteiger partial charge < -0.3 is 24.6 Å². The van der Waals surface area contributed by atoms with Crippen molar-refractivity contribution in [1.82, 2.24) is 0 Å². The number of carbonyl (C=O) groups excluding carboxylic acids is 1. The number of Topliss-reactive ketones (excluding diaryl/α,β-unsaturated/α-hetero) is 1. The molecule has 9 atom stereocenters. The summed E-state index contributed by atoms with van der Waals surface area (Å²) in [4.78, 5) is 26.6. The summed E-state index contributed by atoms with van der Waals surface area (Å²) in [6.45, 7) is 12.0. The van der Waals surface area contributed by atoms with Crippen molar-refractivity contribution in [2.24, 2.45) is 39.9 Å². The molecule has 1 heterocycles. The van der Waals surface area contributed by atoms with Crippen LogP contribution in [0.25, 0.3) is 0 Å². The van der Waals surface area contributed by atoms with Gasteiger partial charge in [-0.25, -0.2) is 9.18 Å². The summed E-state index contributed by atoms with van der Waals surface area (Å²) < 4.78 is 26.7. The van der Waals surface area contributed by atoms with Crippen LogP contribution >= 0.6 is 0 Å². The zero-order valence-corrected chi connectivity index (χ0v) is 22.6. The van der Waals surface area contributed by atoms with Gasteiger partial charge in [0.05, 0.1) is 12.7 Å². The third-order valence-corrected chi connectivity index (χ3v) is 11.2. The Morgan fingerprint density at radius 2 is 2.03 bits per heavy atom. The number of rotatable bonds is 5. The molecule has 3 saturated carbocycles. The Balaban J connectivity index is 1.67. The highest BCUT2D eigenvalue weighted by Crippen LogP contribution is 2.69. The Hall–Kier alpha value is -2.23. The molecule has 0 aromatic heterocycles. The lowest BCUT2D eigenvalue weighted by atomic mass is 9.41. The lowest BCUT2D eigenvalue weighted by Crippen LogP contribution is -2.63. The molecular formula is C29H38BFO7. The Bertz CT molecular complexity index is 1170. The number of ketones is 1. The van der Waals surface area contributed by atoms with Gasteiger partial charge in [0.2, 0.25) is 0 Å². The van der Waals surface area contributed by atoms with Crippen LogP contribution in [0.1, 0.15) is 65.4 Å². The third kappa shape index (κ3) is 3.64. The van der Waals surface area contributed by atoms with Gasteiger partial charge in [0.15, 0.2) is 17.7 Å². The van der Waals surface area contributed by atoms with E-state index in [-0.39, 0.29) is 41.9 Å². The number of hydrogen-bond acceptors (Lipinski definition) is 6. The molecule has 2 bridgehead atoms. The second-order valence-corrected chi connectivity index (χ2v) is 12.7. The highest BCUT2D eigenvalue weighted by atomic mass is 19.1. The van der Waals surface area contributed by atoms with Crippen molar-refractivity contribution in [3.63, 3.8) is 0 Å². The molecular weight excluding hydrogens is 490 g/mol. The smallest absolute Gasteiger partial charge is 0.478 e. The second kappa shape index (κ2) is 9.17. The van der Waals surface area contributed by atoms with E-state index >= 15 is 4.39 Å². The number of aliphatic hydroxyl groups excluding tert-OH is 1. The molecule has 1 aromatic rings. The predicted molar refractivity (Wildman–Crippen MR) is 139 cm³/mol. The van der Waals surface area contributed by atoms with Gasteiger partial charge in [-0.05, 0) is 60.0 Å². The number of ether oxygens (including phenoxy) is 1. The van der Waals surface area contributed by atoms with Gasteiger partial charge in [0.1, 0.15) is 5.78 Å². The highest BCUT2D eigenvalue weighted by molar-refractivity contribution is 6.61. The quantitative estimate of drug-likeness (QED) is 0.396. The fourth-order valence-electron chi connectivity index (χ4n) is 8.71. The summed E-state index contributed by atoms with van der Waals surface area (Å²) in [5, 5.41) is 32.4. The molecule has 1 unspecified atom stereocenters. The van der Waals surface area contributed by atoms with Crippen LogP contribution in [-0.2, 0) is 20.9 Å². The zero-order chi connectivity index (χ0) is 27.8. The predicted octanol–water partition coefficient (Wildman–Crippen LogP) is 3.49. The molecule has 0 saturated heterocycles. The van der Waals surface area contributed by atoms with E-state index in [1.54, 1.807) is 12.1 Å². The zero-order valence-electron chi connectivity index (χ0n) is 22.6. The molecule has 3 aliphatic carbocycles. The van der Waals surface area contributed by atoms with Crippen LogP contribution in [0.3, 0.4) is 0 Å². The third-order valence-electron chi connectivity index (χ3n) is 11.2. The molecule has 3 N–H and O–H groups in total. The molecule has 5 rings (SSSR count). The SMILES string of the molecule is C=C[C@]1(C)C[C@@H](C(Oc2ccc3c(c2F)B(O)OC3)C(=O)O)[C@@]2(C)[C@H](C)CC[C@]3(CCC(=O)[C@H]32)[C@@H](C)[C@@H]1O. The van der Waals surface area contributed by atoms with Crippen molar-refractivity contribution in [2.75, 3.05) is 0 Å². The highest BCUT2D eigenvalue weighted by Gasteiger charge is 2.69. The molecule has 0 radical (unpaired) electrons. The van der Waals surface area contributed by atoms with E-state index in [1.165, 1.54) is 6.07 Å². The minimum absolute atomic E-state index is 0.00489. The largest absolute Gasteiger partial charge is 0.494 e. The van der Waals surface area contributed by atoms with Crippen LogP contribution in [-0.4, -0.2) is 46.3 Å². The first-order valence-corrected chi connectivity index (χ1v) is 13.7. The summed E-state index contributed by atoms with van der Waals surface area (Å²) in [6, 6.07) is 2.94. The van der Waals surface area contributed by atoms with Gasteiger partial charge in [-0.1, -0.05) is 39.8 Å². The molecule has 0 amide bonds. The summed E-state index contributed by atoms with van der Waals surface area (Å²) in [7, 11) is -1.45. The van der Waals surface area contributed by atoms with E-state index in [0.717, 1.165) is 12.8 Å². The van der Waals surface area contributed by atoms with E-state index in [9.17, 15) is 24.8 Å². The number of hydrogen-bond donors (Lipinski definition) is 3. The Labute approximate surface area is 223 Å². The monoisotopic (exact) mass is 528 g/mol. The average molecular weight is 528 g/mol. The van der Waals surface area contributed by atoms with Crippen LogP contribution in [0.2, 0.25) is 0 Å². The van der Waals surface area contributed by atoms with Gasteiger partial charge in [-0.3, -0.25) is 4.79 Å². The summed E-state index contributed by atoms with van der Waals surface area (Å²) in [6.07, 6.45) is 2.20. The number of fused-ring (bicyclic) bond motifs is 1. The second-order valence-electron chi connectivity index (χ2n) is 12.7. The topological polar surface area (TPSA) is 113 Å². The van der Waals surface area contributed by atoms with Gasteiger partial charge in [0, 0.05) is 29.1 Å². The van der Waals surface area contributed by atoms with Crippen molar-refractivity contribution >= 4 is 24.3 Å². The summed E-state index contributed by atoms with van der Waals surface area (Å²) in [5.41, 5.74) is -1.66. The van der Waals surface area contributed by atoms with Crippen LogP contribution in [0, 0.1) is 45.7 Å². The van der Waals surface area contributed by atoms with Crippen molar-refractivity contribution in [3.05, 3.63) is 36.2 Å². The maximum absolute atomic E-state index is 15.5. The normalized spacial score (nSPS) is 41.1. The van der Waals surface area contributed by atoms with Crippen molar-refractivity contribution < 1.29 is 38.6 Å². The van der Waals surface area contributed by atoms with E-state index in [4.69, 9.17) is 9.39 Å². The molecule has 7 nitrogen and oxygen atoms in total. The van der Waals surface area contributed by atoms with E-state index in [2.05, 4.69) is 13.5 Å². The Morgan fingerprint density at radius 3 is 2.68 bits per heavy atom. The lowest BCUT2D eigenvalue weighted by molar-refractivity contribution is -0.193. The van der Waals surface area contributed by atoms with E-state index in [0.29, 0.717) is 18.4 Å².